The molecule has 0 radical (unpaired) electrons. The van der Waals surface area contributed by atoms with Gasteiger partial charge in [0.25, 0.3) is 11.1 Å². The Kier molecular flexibility index (Phi) is 6.03. The molecule has 1 aromatic heterocycles. The van der Waals surface area contributed by atoms with E-state index in [-0.39, 0.29) is 5.75 Å². The van der Waals surface area contributed by atoms with Crippen LogP contribution in [0.25, 0.3) is 11.1 Å². The van der Waals surface area contributed by atoms with E-state index >= 15 is 0 Å². The molecule has 0 atom stereocenters. The Balaban J connectivity index is 1.45. The van der Waals surface area contributed by atoms with Gasteiger partial charge in [-0.2, -0.15) is 0 Å². The lowest BCUT2D eigenvalue weighted by Crippen LogP contribution is -2.21. The van der Waals surface area contributed by atoms with Gasteiger partial charge < -0.3 is 14.5 Å². The molecule has 9 heteroatoms. The Morgan fingerprint density at radius 1 is 1.15 bits per heavy atom. The first-order chi connectivity index (χ1) is 12.5. The highest BCUT2D eigenvalue weighted by atomic mass is 35.5. The first-order valence-corrected chi connectivity index (χ1v) is 9.14. The van der Waals surface area contributed by atoms with E-state index in [4.69, 9.17) is 32.4 Å². The summed E-state index contributed by atoms with van der Waals surface area (Å²) >= 11 is 12.8. The molecular weight excluding hydrogens is 399 g/mol. The summed E-state index contributed by atoms with van der Waals surface area (Å²) in [5, 5.41) is 3.69. The van der Waals surface area contributed by atoms with Gasteiger partial charge in [0, 0.05) is 15.7 Å². The largest absolute Gasteiger partial charge is 0.455 e. The first-order valence-electron chi connectivity index (χ1n) is 7.39. The Morgan fingerprint density at radius 3 is 2.62 bits per heavy atom. The van der Waals surface area contributed by atoms with E-state index in [1.165, 1.54) is 12.1 Å². The Bertz CT molecular complexity index is 908. The Hall–Kier alpha value is -2.22. The van der Waals surface area contributed by atoms with Crippen LogP contribution in [0.1, 0.15) is 0 Å². The van der Waals surface area contributed by atoms with Gasteiger partial charge in [-0.1, -0.05) is 47.1 Å². The van der Waals surface area contributed by atoms with Crippen LogP contribution in [0, 0.1) is 0 Å². The number of amides is 1. The lowest BCUT2D eigenvalue weighted by atomic mass is 10.3. The van der Waals surface area contributed by atoms with Gasteiger partial charge in [0.15, 0.2) is 12.2 Å². The summed E-state index contributed by atoms with van der Waals surface area (Å²) in [6, 6.07) is 11.9. The van der Waals surface area contributed by atoms with Crippen LogP contribution in [0.3, 0.4) is 0 Å². The number of rotatable bonds is 6. The minimum Gasteiger partial charge on any atom is -0.455 e. The van der Waals surface area contributed by atoms with E-state index < -0.39 is 18.5 Å². The lowest BCUT2D eigenvalue weighted by molar-refractivity contribution is -0.144. The average Bonchev–Trinajstić information content (AvgIpc) is 3.00. The van der Waals surface area contributed by atoms with Crippen molar-refractivity contribution in [3.05, 3.63) is 52.5 Å². The first kappa shape index (κ1) is 18.6. The van der Waals surface area contributed by atoms with Crippen molar-refractivity contribution >= 4 is 63.6 Å². The van der Waals surface area contributed by atoms with Crippen LogP contribution in [0.4, 0.5) is 5.69 Å². The monoisotopic (exact) mass is 410 g/mol. The molecule has 0 fully saturated rings. The summed E-state index contributed by atoms with van der Waals surface area (Å²) in [5.74, 6) is -1.08. The number of nitrogens with one attached hydrogen (secondary N) is 1. The van der Waals surface area contributed by atoms with E-state index in [2.05, 4.69) is 10.3 Å². The minimum absolute atomic E-state index is 0.0247. The molecule has 26 heavy (non-hydrogen) atoms. The second kappa shape index (κ2) is 8.44. The van der Waals surface area contributed by atoms with Crippen molar-refractivity contribution in [3.63, 3.8) is 0 Å². The van der Waals surface area contributed by atoms with E-state index in [1.54, 1.807) is 12.1 Å². The summed E-state index contributed by atoms with van der Waals surface area (Å²) < 4.78 is 10.4. The van der Waals surface area contributed by atoms with Crippen LogP contribution in [-0.2, 0) is 14.3 Å². The molecule has 3 aromatic rings. The predicted molar refractivity (Wildman–Crippen MR) is 101 cm³/mol. The molecule has 0 saturated carbocycles. The van der Waals surface area contributed by atoms with Crippen LogP contribution in [0.2, 0.25) is 10.0 Å². The number of carbonyl (C=O) groups excluding carboxylic acids is 2. The molecule has 0 spiro atoms. The number of hydrogen-bond acceptors (Lipinski definition) is 6. The maximum atomic E-state index is 11.8. The van der Waals surface area contributed by atoms with Crippen LogP contribution in [0.15, 0.2) is 52.1 Å². The lowest BCUT2D eigenvalue weighted by Gasteiger charge is -2.07. The molecule has 2 aromatic carbocycles. The number of para-hydroxylation sites is 2. The van der Waals surface area contributed by atoms with Crippen molar-refractivity contribution in [2.45, 2.75) is 5.22 Å². The summed E-state index contributed by atoms with van der Waals surface area (Å²) in [7, 11) is 0. The summed E-state index contributed by atoms with van der Waals surface area (Å²) in [4.78, 5) is 27.8. The van der Waals surface area contributed by atoms with E-state index in [0.29, 0.717) is 32.1 Å². The van der Waals surface area contributed by atoms with Gasteiger partial charge in [-0.15, -0.1) is 0 Å². The van der Waals surface area contributed by atoms with E-state index in [0.717, 1.165) is 11.8 Å². The van der Waals surface area contributed by atoms with Crippen LogP contribution in [-0.4, -0.2) is 29.2 Å². The third-order valence-corrected chi connectivity index (χ3v) is 4.34. The number of benzene rings is 2. The van der Waals surface area contributed by atoms with Crippen molar-refractivity contribution in [1.82, 2.24) is 4.98 Å². The number of fused-ring (bicyclic) bond motifs is 1. The molecule has 0 saturated heterocycles. The number of ether oxygens (including phenoxy) is 1. The van der Waals surface area contributed by atoms with Gasteiger partial charge in [0.1, 0.15) is 11.3 Å². The number of esters is 1. The van der Waals surface area contributed by atoms with Crippen LogP contribution < -0.4 is 5.32 Å². The number of anilines is 1. The van der Waals surface area contributed by atoms with Gasteiger partial charge in [-0.25, -0.2) is 4.98 Å². The number of nitrogens with zero attached hydrogens (tertiary/aromatic N) is 1. The highest BCUT2D eigenvalue weighted by Gasteiger charge is 2.12. The number of aromatic nitrogens is 1. The fourth-order valence-electron chi connectivity index (χ4n) is 2.04. The number of halogens is 2. The molecule has 0 aliphatic rings. The molecule has 0 aliphatic carbocycles. The highest BCUT2D eigenvalue weighted by molar-refractivity contribution is 7.99. The standard InChI is InChI=1S/C17H12Cl2N2O4S/c18-10-5-11(19)7-12(6-10)20-15(22)8-24-16(23)9-26-17-21-13-3-1-2-4-14(13)25-17/h1-7H,8-9H2,(H,20,22). The van der Waals surface area contributed by atoms with Crippen molar-refractivity contribution in [1.29, 1.82) is 0 Å². The topological polar surface area (TPSA) is 81.4 Å². The molecular formula is C17H12Cl2N2O4S. The molecule has 0 unspecified atom stereocenters. The highest BCUT2D eigenvalue weighted by Crippen LogP contribution is 2.23. The summed E-state index contributed by atoms with van der Waals surface area (Å²) in [5.41, 5.74) is 1.77. The van der Waals surface area contributed by atoms with Crippen molar-refractivity contribution in [2.24, 2.45) is 0 Å². The molecule has 0 aliphatic heterocycles. The Labute approximate surface area is 162 Å². The smallest absolute Gasteiger partial charge is 0.316 e. The second-order valence-electron chi connectivity index (χ2n) is 5.10. The van der Waals surface area contributed by atoms with Gasteiger partial charge in [0.05, 0.1) is 0 Å². The van der Waals surface area contributed by atoms with Crippen LogP contribution >= 0.6 is 35.0 Å². The van der Waals surface area contributed by atoms with Crippen molar-refractivity contribution in [2.75, 3.05) is 17.7 Å². The SMILES string of the molecule is O=C(COC(=O)CSc1nc2ccccc2o1)Nc1cc(Cl)cc(Cl)c1. The predicted octanol–water partition coefficient (Wildman–Crippen LogP) is 4.41. The van der Waals surface area contributed by atoms with E-state index in [9.17, 15) is 9.59 Å². The molecule has 0 bridgehead atoms. The summed E-state index contributed by atoms with van der Waals surface area (Å²) in [6.45, 7) is -0.420. The third kappa shape index (κ3) is 5.14. The number of carbonyl (C=O) groups is 2. The molecule has 1 N–H and O–H groups in total. The average molecular weight is 411 g/mol. The molecule has 3 rings (SSSR count). The zero-order chi connectivity index (χ0) is 18.5. The van der Waals surface area contributed by atoms with Gasteiger partial charge in [0.2, 0.25) is 0 Å². The Morgan fingerprint density at radius 2 is 1.88 bits per heavy atom. The fourth-order valence-corrected chi connectivity index (χ4v) is 3.21. The number of hydrogen-bond donors (Lipinski definition) is 1. The normalized spacial score (nSPS) is 10.7. The number of oxazole rings is 1. The van der Waals surface area contributed by atoms with Gasteiger partial charge in [-0.3, -0.25) is 9.59 Å². The van der Waals surface area contributed by atoms with Gasteiger partial charge >= 0.3 is 5.97 Å². The fraction of sp³-hybridized carbons (Fsp3) is 0.118. The number of thioether (sulfide) groups is 1. The van der Waals surface area contributed by atoms with Crippen molar-refractivity contribution < 1.29 is 18.7 Å². The molecule has 1 amide bonds. The van der Waals surface area contributed by atoms with Crippen molar-refractivity contribution in [3.8, 4) is 0 Å². The maximum absolute atomic E-state index is 11.8. The van der Waals surface area contributed by atoms with Gasteiger partial charge in [-0.05, 0) is 30.3 Å². The summed E-state index contributed by atoms with van der Waals surface area (Å²) in [6.07, 6.45) is 0. The van der Waals surface area contributed by atoms with Crippen LogP contribution in [0.5, 0.6) is 0 Å². The molecule has 134 valence electrons. The quantitative estimate of drug-likeness (QED) is 0.478. The van der Waals surface area contributed by atoms with E-state index in [1.807, 2.05) is 18.2 Å². The second-order valence-corrected chi connectivity index (χ2v) is 6.90. The zero-order valence-electron chi connectivity index (χ0n) is 13.2. The minimum atomic E-state index is -0.559. The maximum Gasteiger partial charge on any atom is 0.316 e. The zero-order valence-corrected chi connectivity index (χ0v) is 15.5. The molecule has 1 heterocycles. The molecule has 6 nitrogen and oxygen atoms in total. The third-order valence-electron chi connectivity index (χ3n) is 3.10.